The minimum atomic E-state index is -4.63. The highest BCUT2D eigenvalue weighted by Gasteiger charge is 2.55. The molecule has 4 aromatic heterocycles. The summed E-state index contributed by atoms with van der Waals surface area (Å²) < 4.78 is 77.2. The van der Waals surface area contributed by atoms with Gasteiger partial charge in [-0.3, -0.25) is 9.59 Å². The van der Waals surface area contributed by atoms with E-state index in [2.05, 4.69) is 46.6 Å². The number of amides is 2. The monoisotopic (exact) mass is 677 g/mol. The number of imidazole rings is 1. The second-order valence-electron chi connectivity index (χ2n) is 13.2. The molecule has 1 aliphatic heterocycles. The first kappa shape index (κ1) is 32.0. The molecule has 5 heterocycles. The summed E-state index contributed by atoms with van der Waals surface area (Å²) >= 11 is 0. The first-order chi connectivity index (χ1) is 22.8. The lowest BCUT2D eigenvalue weighted by Crippen LogP contribution is -2.39. The zero-order valence-corrected chi connectivity index (χ0v) is 25.8. The third-order valence-electron chi connectivity index (χ3n) is 9.78. The van der Waals surface area contributed by atoms with Crippen LogP contribution in [0, 0.1) is 11.3 Å². The highest BCUT2D eigenvalue weighted by molar-refractivity contribution is 5.93. The number of hydrogen-bond donors (Lipinski definition) is 2. The molecule has 3 atom stereocenters. The summed E-state index contributed by atoms with van der Waals surface area (Å²) in [7, 11) is 1.60. The number of halogens is 5. The molecule has 14 nitrogen and oxygen atoms in total. The van der Waals surface area contributed by atoms with Gasteiger partial charge in [0.15, 0.2) is 17.2 Å². The fraction of sp³-hybridized carbons (Fsp3) is 0.621. The second-order valence-corrected chi connectivity index (χ2v) is 13.2. The largest absolute Gasteiger partial charge is 0.408 e. The number of nitrogens with zero attached hydrogens (tertiary/aromatic N) is 9. The van der Waals surface area contributed by atoms with Crippen molar-refractivity contribution in [2.24, 2.45) is 18.4 Å². The van der Waals surface area contributed by atoms with Crippen LogP contribution in [0.4, 0.5) is 22.0 Å². The molecule has 0 spiro atoms. The number of carbonyl (C=O) groups excluding carboxylic acids is 2. The van der Waals surface area contributed by atoms with Crippen molar-refractivity contribution in [1.29, 1.82) is 0 Å². The van der Waals surface area contributed by atoms with Gasteiger partial charge in [-0.25, -0.2) is 27.6 Å². The third-order valence-corrected chi connectivity index (χ3v) is 9.78. The number of tetrazole rings is 1. The fourth-order valence-electron chi connectivity index (χ4n) is 6.90. The van der Waals surface area contributed by atoms with Crippen LogP contribution in [0.25, 0.3) is 5.65 Å². The molecule has 2 saturated carbocycles. The van der Waals surface area contributed by atoms with Crippen molar-refractivity contribution in [3.63, 3.8) is 0 Å². The Morgan fingerprint density at radius 2 is 1.96 bits per heavy atom. The number of carbonyl (C=O) groups is 2. The average Bonchev–Trinajstić information content (AvgIpc) is 3.34. The molecule has 7 rings (SSSR count). The Morgan fingerprint density at radius 1 is 1.19 bits per heavy atom. The first-order valence-electron chi connectivity index (χ1n) is 15.7. The average molecular weight is 678 g/mol. The van der Waals surface area contributed by atoms with Crippen molar-refractivity contribution < 1.29 is 36.2 Å². The van der Waals surface area contributed by atoms with Gasteiger partial charge in [-0.1, -0.05) is 5.16 Å². The molecule has 0 radical (unpaired) electrons. The molecule has 3 aliphatic rings. The molecule has 0 aromatic carbocycles. The maximum atomic E-state index is 14.1. The van der Waals surface area contributed by atoms with Crippen molar-refractivity contribution in [1.82, 2.24) is 55.8 Å². The molecular formula is C29H32F5N11O3. The van der Waals surface area contributed by atoms with E-state index in [1.165, 1.54) is 15.4 Å². The van der Waals surface area contributed by atoms with E-state index in [-0.39, 0.29) is 62.5 Å². The van der Waals surface area contributed by atoms with Crippen molar-refractivity contribution in [3.05, 3.63) is 46.9 Å². The van der Waals surface area contributed by atoms with Gasteiger partial charge in [0.05, 0.1) is 29.5 Å². The Hall–Kier alpha value is -4.58. The number of alkyl halides is 5. The van der Waals surface area contributed by atoms with Crippen molar-refractivity contribution >= 4 is 17.5 Å². The summed E-state index contributed by atoms with van der Waals surface area (Å²) in [6, 6.07) is -1.16. The molecule has 2 aliphatic carbocycles. The van der Waals surface area contributed by atoms with Gasteiger partial charge in [0.25, 0.3) is 5.91 Å². The Balaban J connectivity index is 1.17. The van der Waals surface area contributed by atoms with Crippen molar-refractivity contribution in [2.75, 3.05) is 0 Å². The lowest BCUT2D eigenvalue weighted by Gasteiger charge is -2.33. The van der Waals surface area contributed by atoms with Gasteiger partial charge < -0.3 is 10.6 Å². The predicted octanol–water partition coefficient (Wildman–Crippen LogP) is 3.42. The minimum absolute atomic E-state index is 0.0437. The Bertz CT molecular complexity index is 1820. The standard InChI is InChI=1S/C29H32F5N11O3/c1-44-20(39-42-43-44)6-7-27(12-19(29(32,33)34)37-26(27)47)11-15-10-21-36-18(14-45(21)35-13-15)22(17-4-8-28(30,31)9-5-17)38-25(46)24-23(16-2-3-16)40-48-41-24/h10,13-14,16-17,19,22H,2-9,11-12H2,1H3,(H,37,47)(H,38,46)/t19-,22-,27-/m0/s1. The third kappa shape index (κ3) is 6.33. The van der Waals surface area contributed by atoms with Crippen LogP contribution in [0.5, 0.6) is 0 Å². The van der Waals surface area contributed by atoms with Crippen LogP contribution in [-0.4, -0.2) is 75.1 Å². The van der Waals surface area contributed by atoms with Crippen LogP contribution in [0.1, 0.15) is 96.6 Å². The van der Waals surface area contributed by atoms with Crippen molar-refractivity contribution in [2.45, 2.75) is 94.3 Å². The summed E-state index contributed by atoms with van der Waals surface area (Å²) in [5.41, 5.74) is 0.208. The van der Waals surface area contributed by atoms with Crippen LogP contribution in [0.15, 0.2) is 23.1 Å². The van der Waals surface area contributed by atoms with Crippen molar-refractivity contribution in [3.8, 4) is 0 Å². The maximum Gasteiger partial charge on any atom is 0.408 e. The number of aryl methyl sites for hydroxylation is 2. The maximum absolute atomic E-state index is 14.1. The van der Waals surface area contributed by atoms with Gasteiger partial charge in [-0.2, -0.15) is 18.3 Å². The number of fused-ring (bicyclic) bond motifs is 1. The lowest BCUT2D eigenvalue weighted by atomic mass is 9.75. The highest BCUT2D eigenvalue weighted by atomic mass is 19.4. The second kappa shape index (κ2) is 11.8. The van der Waals surface area contributed by atoms with E-state index in [4.69, 9.17) is 4.63 Å². The van der Waals surface area contributed by atoms with Gasteiger partial charge in [-0.05, 0) is 78.1 Å². The molecule has 4 aromatic rings. The molecule has 0 unspecified atom stereocenters. The molecule has 1 saturated heterocycles. The normalized spacial score (nSPS) is 23.8. The van der Waals surface area contributed by atoms with Gasteiger partial charge in [0.2, 0.25) is 11.8 Å². The fourth-order valence-corrected chi connectivity index (χ4v) is 6.90. The van der Waals surface area contributed by atoms with Gasteiger partial charge in [0, 0.05) is 32.2 Å². The van der Waals surface area contributed by atoms with E-state index < -0.39 is 47.8 Å². The smallest absolute Gasteiger partial charge is 0.344 e. The highest BCUT2D eigenvalue weighted by Crippen LogP contribution is 2.44. The summed E-state index contributed by atoms with van der Waals surface area (Å²) in [6.45, 7) is 0. The number of nitrogens with one attached hydrogen (secondary N) is 2. The van der Waals surface area contributed by atoms with Gasteiger partial charge in [-0.15, -0.1) is 5.10 Å². The number of aromatic nitrogens is 9. The van der Waals surface area contributed by atoms with Crippen LogP contribution in [-0.2, 0) is 24.7 Å². The molecule has 3 fully saturated rings. The summed E-state index contributed by atoms with van der Waals surface area (Å²) in [5.74, 6) is -3.96. The van der Waals surface area contributed by atoms with E-state index in [0.717, 1.165) is 12.8 Å². The zero-order valence-electron chi connectivity index (χ0n) is 25.8. The van der Waals surface area contributed by atoms with Crippen LogP contribution >= 0.6 is 0 Å². The zero-order chi connectivity index (χ0) is 33.8. The number of rotatable bonds is 10. The Morgan fingerprint density at radius 3 is 2.62 bits per heavy atom. The molecule has 2 N–H and O–H groups in total. The van der Waals surface area contributed by atoms with E-state index in [1.54, 1.807) is 19.3 Å². The van der Waals surface area contributed by atoms with E-state index in [0.29, 0.717) is 28.4 Å². The van der Waals surface area contributed by atoms with Gasteiger partial charge in [0.1, 0.15) is 11.7 Å². The van der Waals surface area contributed by atoms with Crippen LogP contribution in [0.3, 0.4) is 0 Å². The quantitative estimate of drug-likeness (QED) is 0.237. The minimum Gasteiger partial charge on any atom is -0.344 e. The molecule has 256 valence electrons. The van der Waals surface area contributed by atoms with Crippen LogP contribution in [0.2, 0.25) is 0 Å². The van der Waals surface area contributed by atoms with Gasteiger partial charge >= 0.3 is 6.18 Å². The summed E-state index contributed by atoms with van der Waals surface area (Å²) in [4.78, 5) is 31.3. The lowest BCUT2D eigenvalue weighted by molar-refractivity contribution is -0.155. The van der Waals surface area contributed by atoms with E-state index >= 15 is 0 Å². The number of hydrogen-bond acceptors (Lipinski definition) is 10. The van der Waals surface area contributed by atoms with E-state index in [1.807, 2.05) is 0 Å². The first-order valence-corrected chi connectivity index (χ1v) is 15.7. The molecule has 48 heavy (non-hydrogen) atoms. The SMILES string of the molecule is Cn1nnnc1CC[C@]1(Cc2cnn3cc([C@@H](NC(=O)c4nonc4C4CC4)C4CCC(F)(F)CC4)nc3c2)C[C@@H](C(F)(F)F)NC1=O. The Kier molecular flexibility index (Phi) is 7.89. The molecule has 2 amide bonds. The molecular weight excluding hydrogens is 645 g/mol. The van der Waals surface area contributed by atoms with E-state index in [9.17, 15) is 31.5 Å². The Labute approximate surface area is 269 Å². The van der Waals surface area contributed by atoms with Crippen LogP contribution < -0.4 is 10.6 Å². The molecule has 19 heteroatoms. The molecule has 0 bridgehead atoms. The summed E-state index contributed by atoms with van der Waals surface area (Å²) in [5, 5.41) is 28.4. The topological polar surface area (TPSA) is 171 Å². The summed E-state index contributed by atoms with van der Waals surface area (Å²) in [6.07, 6.45) is -0.636. The predicted molar refractivity (Wildman–Crippen MR) is 152 cm³/mol.